The second-order valence-corrected chi connectivity index (χ2v) is 10.3. The summed E-state index contributed by atoms with van der Waals surface area (Å²) in [6, 6.07) is 6.66. The lowest BCUT2D eigenvalue weighted by Gasteiger charge is -2.40. The average Bonchev–Trinajstić information content (AvgIpc) is 2.78. The second kappa shape index (κ2) is 8.88. The lowest BCUT2D eigenvalue weighted by molar-refractivity contribution is -0.123. The number of methoxy groups -OCH3 is 2. The highest BCUT2D eigenvalue weighted by atomic mass is 31.1. The number of amides is 1. The molecule has 0 N–H and O–H groups in total. The van der Waals surface area contributed by atoms with Gasteiger partial charge in [0.15, 0.2) is 11.5 Å². The summed E-state index contributed by atoms with van der Waals surface area (Å²) in [5.74, 6) is 1.52. The van der Waals surface area contributed by atoms with Crippen molar-refractivity contribution in [2.45, 2.75) is 44.4 Å². The third-order valence-electron chi connectivity index (χ3n) is 7.08. The monoisotopic (exact) mass is 450 g/mol. The Hall–Kier alpha value is -2.36. The number of allylic oxidation sites excluding steroid dienone is 2. The fourth-order valence-electron chi connectivity index (χ4n) is 4.94. The predicted molar refractivity (Wildman–Crippen MR) is 130 cm³/mol. The summed E-state index contributed by atoms with van der Waals surface area (Å²) in [5, 5.41) is 1.06. The first-order valence-corrected chi connectivity index (χ1v) is 12.5. The molecule has 1 fully saturated rings. The summed E-state index contributed by atoms with van der Waals surface area (Å²) >= 11 is 0. The molecular weight excluding hydrogens is 419 g/mol. The van der Waals surface area contributed by atoms with E-state index in [1.807, 2.05) is 23.1 Å². The molecule has 3 aliphatic heterocycles. The molecular formula is C26H31N2O3P. The van der Waals surface area contributed by atoms with Crippen LogP contribution in [0.2, 0.25) is 0 Å². The van der Waals surface area contributed by atoms with Crippen LogP contribution in [0.1, 0.15) is 38.2 Å². The number of hydrogen-bond acceptors (Lipinski definition) is 4. The molecule has 168 valence electrons. The van der Waals surface area contributed by atoms with E-state index in [0.717, 1.165) is 36.4 Å². The Labute approximate surface area is 192 Å². The van der Waals surface area contributed by atoms with Crippen LogP contribution in [0.5, 0.6) is 11.5 Å². The molecule has 2 atom stereocenters. The van der Waals surface area contributed by atoms with Crippen LogP contribution in [0.25, 0.3) is 5.31 Å². The van der Waals surface area contributed by atoms with Gasteiger partial charge in [0.25, 0.3) is 5.91 Å². The zero-order valence-corrected chi connectivity index (χ0v) is 20.1. The van der Waals surface area contributed by atoms with Gasteiger partial charge in [-0.25, -0.2) is 0 Å². The Kier molecular flexibility index (Phi) is 5.96. The molecule has 1 saturated carbocycles. The summed E-state index contributed by atoms with van der Waals surface area (Å²) in [4.78, 5) is 17.7. The van der Waals surface area contributed by atoms with E-state index in [1.54, 1.807) is 20.3 Å². The lowest BCUT2D eigenvalue weighted by Crippen LogP contribution is -2.42. The minimum Gasteiger partial charge on any atom is -0.493 e. The smallest absolute Gasteiger partial charge is 0.252 e. The maximum Gasteiger partial charge on any atom is 0.252 e. The van der Waals surface area contributed by atoms with E-state index in [4.69, 9.17) is 9.47 Å². The summed E-state index contributed by atoms with van der Waals surface area (Å²) in [6.07, 6.45) is 13.7. The van der Waals surface area contributed by atoms with E-state index in [9.17, 15) is 4.79 Å². The second-order valence-electron chi connectivity index (χ2n) is 8.95. The third kappa shape index (κ3) is 3.93. The third-order valence-corrected chi connectivity index (χ3v) is 8.83. The molecule has 0 bridgehead atoms. The number of nitrogens with zero attached hydrogens (tertiary/aromatic N) is 2. The number of carbonyl (C=O) groups excluding carboxylic acids is 1. The molecule has 3 heterocycles. The molecule has 1 aromatic carbocycles. The predicted octanol–water partition coefficient (Wildman–Crippen LogP) is 4.92. The maximum absolute atomic E-state index is 13.2. The number of fused-ring (bicyclic) bond motifs is 1. The van der Waals surface area contributed by atoms with Gasteiger partial charge in [-0.15, -0.1) is 0 Å². The van der Waals surface area contributed by atoms with Crippen LogP contribution in [0.3, 0.4) is 0 Å². The highest BCUT2D eigenvalue weighted by Gasteiger charge is 2.33. The van der Waals surface area contributed by atoms with Crippen LogP contribution in [0, 0.1) is 0 Å². The molecule has 32 heavy (non-hydrogen) atoms. The van der Waals surface area contributed by atoms with Gasteiger partial charge in [-0.3, -0.25) is 9.69 Å². The van der Waals surface area contributed by atoms with Gasteiger partial charge in [0.1, 0.15) is 0 Å². The topological polar surface area (TPSA) is 42.0 Å². The zero-order chi connectivity index (χ0) is 22.2. The molecule has 2 unspecified atom stereocenters. The summed E-state index contributed by atoms with van der Waals surface area (Å²) in [5.41, 5.74) is 4.85. The Morgan fingerprint density at radius 2 is 1.91 bits per heavy atom. The van der Waals surface area contributed by atoms with Gasteiger partial charge < -0.3 is 14.4 Å². The molecule has 1 amide bonds. The summed E-state index contributed by atoms with van der Waals surface area (Å²) in [6.45, 7) is 4.32. The normalized spacial score (nSPS) is 24.8. The minimum atomic E-state index is 0.0518. The van der Waals surface area contributed by atoms with Crippen molar-refractivity contribution in [3.05, 3.63) is 64.9 Å². The van der Waals surface area contributed by atoms with Gasteiger partial charge in [0.05, 0.1) is 20.0 Å². The Morgan fingerprint density at radius 3 is 2.56 bits per heavy atom. The fraction of sp³-hybridized carbons (Fsp3) is 0.423. The first kappa shape index (κ1) is 21.5. The van der Waals surface area contributed by atoms with Crippen molar-refractivity contribution in [3.63, 3.8) is 0 Å². The average molecular weight is 451 g/mol. The van der Waals surface area contributed by atoms with Gasteiger partial charge >= 0.3 is 0 Å². The Bertz CT molecular complexity index is 1050. The molecule has 0 spiro atoms. The SMILES string of the molecule is COc1ccc(C2=CC(=O)N3C=C(C4=CCN(C5CCC5)CC4)C=C(C)C3P2)cc1OC. The van der Waals surface area contributed by atoms with Gasteiger partial charge in [-0.05, 0) is 65.9 Å². The molecule has 0 saturated heterocycles. The number of rotatable bonds is 5. The van der Waals surface area contributed by atoms with Crippen molar-refractivity contribution in [1.29, 1.82) is 0 Å². The molecule has 4 aliphatic rings. The first-order chi connectivity index (χ1) is 15.6. The van der Waals surface area contributed by atoms with Crippen molar-refractivity contribution >= 4 is 19.8 Å². The van der Waals surface area contributed by atoms with Gasteiger partial charge in [0, 0.05) is 31.4 Å². The molecule has 0 aromatic heterocycles. The standard InChI is InChI=1S/C26H31N2O3P/c1-17-13-20(18-9-11-27(12-10-18)21-5-4-6-21)16-28-25(29)15-24(32-26(17)28)19-7-8-22(30-2)23(14-19)31-3/h7-9,13-16,21,26,32H,4-6,10-12H2,1-3H3. The van der Waals surface area contributed by atoms with E-state index in [-0.39, 0.29) is 11.7 Å². The molecule has 1 aliphatic carbocycles. The van der Waals surface area contributed by atoms with Crippen LogP contribution in [-0.2, 0) is 4.79 Å². The number of carbonyl (C=O) groups is 1. The van der Waals surface area contributed by atoms with E-state index in [2.05, 4.69) is 30.2 Å². The minimum absolute atomic E-state index is 0.0518. The van der Waals surface area contributed by atoms with Crippen LogP contribution in [-0.4, -0.2) is 54.8 Å². The molecule has 5 rings (SSSR count). The van der Waals surface area contributed by atoms with E-state index < -0.39 is 0 Å². The highest BCUT2D eigenvalue weighted by Crippen LogP contribution is 2.48. The molecule has 1 aromatic rings. The van der Waals surface area contributed by atoms with Gasteiger partial charge in [0.2, 0.25) is 0 Å². The van der Waals surface area contributed by atoms with Crippen molar-refractivity contribution in [1.82, 2.24) is 9.80 Å². The Morgan fingerprint density at radius 1 is 1.09 bits per heavy atom. The molecule has 6 heteroatoms. The first-order valence-electron chi connectivity index (χ1n) is 11.4. The lowest BCUT2D eigenvalue weighted by atomic mass is 9.89. The van der Waals surface area contributed by atoms with Crippen molar-refractivity contribution in [3.8, 4) is 11.5 Å². The largest absolute Gasteiger partial charge is 0.493 e. The van der Waals surface area contributed by atoms with Crippen molar-refractivity contribution in [2.75, 3.05) is 27.3 Å². The van der Waals surface area contributed by atoms with Crippen LogP contribution >= 0.6 is 8.58 Å². The van der Waals surface area contributed by atoms with Crippen molar-refractivity contribution < 1.29 is 14.3 Å². The Balaban J connectivity index is 1.37. The van der Waals surface area contributed by atoms with Gasteiger partial charge in [-0.2, -0.15) is 0 Å². The van der Waals surface area contributed by atoms with Crippen molar-refractivity contribution in [2.24, 2.45) is 0 Å². The van der Waals surface area contributed by atoms with E-state index >= 15 is 0 Å². The molecule has 5 nitrogen and oxygen atoms in total. The summed E-state index contributed by atoms with van der Waals surface area (Å²) in [7, 11) is 3.76. The summed E-state index contributed by atoms with van der Waals surface area (Å²) < 4.78 is 10.8. The van der Waals surface area contributed by atoms with E-state index in [0.29, 0.717) is 20.1 Å². The van der Waals surface area contributed by atoms with Gasteiger partial charge in [-0.1, -0.05) is 33.2 Å². The fourth-order valence-corrected chi connectivity index (χ4v) is 6.42. The maximum atomic E-state index is 13.2. The zero-order valence-electron chi connectivity index (χ0n) is 19.1. The quantitative estimate of drug-likeness (QED) is 0.598. The number of ether oxygens (including phenoxy) is 2. The molecule has 0 radical (unpaired) electrons. The number of benzene rings is 1. The highest BCUT2D eigenvalue weighted by molar-refractivity contribution is 7.51. The van der Waals surface area contributed by atoms with Crippen LogP contribution < -0.4 is 9.47 Å². The van der Waals surface area contributed by atoms with Crippen LogP contribution in [0.15, 0.2) is 59.3 Å². The van der Waals surface area contributed by atoms with E-state index in [1.165, 1.54) is 36.0 Å². The van der Waals surface area contributed by atoms with Crippen LogP contribution in [0.4, 0.5) is 0 Å². The number of hydrogen-bond donors (Lipinski definition) is 0.